The van der Waals surface area contributed by atoms with Gasteiger partial charge in [-0.2, -0.15) is 0 Å². The molecule has 0 bridgehead atoms. The fourth-order valence-corrected chi connectivity index (χ4v) is 9.42. The summed E-state index contributed by atoms with van der Waals surface area (Å²) in [6, 6.07) is 17.1. The zero-order valence-electron chi connectivity index (χ0n) is 23.4. The van der Waals surface area contributed by atoms with Gasteiger partial charge in [0.15, 0.2) is 5.78 Å². The summed E-state index contributed by atoms with van der Waals surface area (Å²) in [7, 11) is 0. The number of aliphatic hydroxyl groups excluding tert-OH is 1. The lowest BCUT2D eigenvalue weighted by atomic mass is 9.47. The van der Waals surface area contributed by atoms with Gasteiger partial charge in [-0.15, -0.1) is 0 Å². The molecule has 0 amide bonds. The molecule has 4 aliphatic carbocycles. The molecule has 202 valence electrons. The van der Waals surface area contributed by atoms with Crippen LogP contribution in [0.25, 0.3) is 0 Å². The van der Waals surface area contributed by atoms with Crippen LogP contribution in [0.1, 0.15) is 88.1 Å². The first-order valence-electron chi connectivity index (χ1n) is 15.0. The molecular weight excluding hydrogens is 468 g/mol. The molecule has 0 heterocycles. The summed E-state index contributed by atoms with van der Waals surface area (Å²) in [5.41, 5.74) is 3.68. The molecule has 0 spiro atoms. The summed E-state index contributed by atoms with van der Waals surface area (Å²) < 4.78 is 6.30. The van der Waals surface area contributed by atoms with Crippen LogP contribution < -0.4 is 4.74 Å². The van der Waals surface area contributed by atoms with Crippen LogP contribution in [0.4, 0.5) is 0 Å². The molecule has 38 heavy (non-hydrogen) atoms. The van der Waals surface area contributed by atoms with Crippen LogP contribution in [0.2, 0.25) is 0 Å². The Balaban J connectivity index is 1.10. The van der Waals surface area contributed by atoms with E-state index in [1.165, 1.54) is 32.1 Å². The molecule has 2 aromatic rings. The fraction of sp³-hybridized carbons (Fsp3) is 0.571. The summed E-state index contributed by atoms with van der Waals surface area (Å²) in [4.78, 5) is 12.7. The highest BCUT2D eigenvalue weighted by Gasteiger charge is 2.59. The van der Waals surface area contributed by atoms with Gasteiger partial charge in [-0.1, -0.05) is 62.8 Å². The lowest BCUT2D eigenvalue weighted by Gasteiger charge is -2.58. The maximum Gasteiger partial charge on any atom is 0.193 e. The molecule has 0 saturated heterocycles. The van der Waals surface area contributed by atoms with Crippen LogP contribution in [0.5, 0.6) is 5.75 Å². The van der Waals surface area contributed by atoms with E-state index < -0.39 is 0 Å². The van der Waals surface area contributed by atoms with Gasteiger partial charge in [0.2, 0.25) is 0 Å². The predicted octanol–water partition coefficient (Wildman–Crippen LogP) is 7.87. The van der Waals surface area contributed by atoms with Crippen molar-refractivity contribution in [2.24, 2.45) is 40.4 Å². The molecule has 3 heteroatoms. The van der Waals surface area contributed by atoms with Crippen LogP contribution in [-0.4, -0.2) is 23.6 Å². The number of rotatable bonds is 6. The zero-order chi connectivity index (χ0) is 26.5. The van der Waals surface area contributed by atoms with Crippen molar-refractivity contribution in [1.29, 1.82) is 0 Å². The van der Waals surface area contributed by atoms with Gasteiger partial charge in [-0.05, 0) is 116 Å². The Bertz CT molecular complexity index is 1180. The average molecular weight is 513 g/mol. The molecule has 4 aliphatic rings. The Labute approximate surface area is 228 Å². The summed E-state index contributed by atoms with van der Waals surface area (Å²) in [6.07, 6.45) is 12.0. The fourth-order valence-electron chi connectivity index (χ4n) is 9.42. The van der Waals surface area contributed by atoms with E-state index in [1.807, 2.05) is 54.6 Å². The quantitative estimate of drug-likeness (QED) is 0.316. The number of carbonyl (C=O) groups is 1. The highest BCUT2D eigenvalue weighted by atomic mass is 16.5. The summed E-state index contributed by atoms with van der Waals surface area (Å²) >= 11 is 0. The van der Waals surface area contributed by atoms with Crippen molar-refractivity contribution < 1.29 is 14.6 Å². The Hall–Kier alpha value is -2.39. The first-order chi connectivity index (χ1) is 18.3. The zero-order valence-corrected chi connectivity index (χ0v) is 23.4. The third-order valence-electron chi connectivity index (χ3n) is 11.5. The van der Waals surface area contributed by atoms with E-state index in [4.69, 9.17) is 4.74 Å². The van der Waals surface area contributed by atoms with Gasteiger partial charge in [0, 0.05) is 11.1 Å². The molecule has 0 aliphatic heterocycles. The molecular formula is C35H44O3. The number of allylic oxidation sites excluding steroid dienone is 1. The second-order valence-electron chi connectivity index (χ2n) is 13.4. The molecule has 0 unspecified atom stereocenters. The van der Waals surface area contributed by atoms with Gasteiger partial charge in [-0.25, -0.2) is 0 Å². The highest BCUT2D eigenvalue weighted by molar-refractivity contribution is 6.08. The van der Waals surface area contributed by atoms with Crippen molar-refractivity contribution in [3.05, 3.63) is 77.4 Å². The molecule has 3 fully saturated rings. The van der Waals surface area contributed by atoms with Crippen LogP contribution in [0.3, 0.4) is 0 Å². The SMILES string of the molecule is C[C@H](COc1ccc(C(=O)c2ccccc2)cc1)[C@H]1CC[C@H]2[C@@H]3CC=C4C[C@@H](O)CC[C@]4(C)[C@H]3CC[C@]12C. The van der Waals surface area contributed by atoms with Crippen molar-refractivity contribution in [3.63, 3.8) is 0 Å². The minimum Gasteiger partial charge on any atom is -0.493 e. The third kappa shape index (κ3) is 4.35. The Morgan fingerprint density at radius 1 is 0.947 bits per heavy atom. The van der Waals surface area contributed by atoms with Crippen molar-refractivity contribution >= 4 is 5.78 Å². The van der Waals surface area contributed by atoms with E-state index in [0.717, 1.165) is 49.4 Å². The lowest BCUT2D eigenvalue weighted by Crippen LogP contribution is -2.51. The third-order valence-corrected chi connectivity index (χ3v) is 11.5. The average Bonchev–Trinajstić information content (AvgIpc) is 3.30. The molecule has 6 rings (SSSR count). The summed E-state index contributed by atoms with van der Waals surface area (Å²) in [5, 5.41) is 10.3. The van der Waals surface area contributed by atoms with Gasteiger partial charge >= 0.3 is 0 Å². The largest absolute Gasteiger partial charge is 0.493 e. The van der Waals surface area contributed by atoms with Crippen molar-refractivity contribution in [2.45, 2.75) is 78.2 Å². The lowest BCUT2D eigenvalue weighted by molar-refractivity contribution is -0.0591. The number of fused-ring (bicyclic) bond motifs is 5. The smallest absolute Gasteiger partial charge is 0.193 e. The number of hydrogen-bond acceptors (Lipinski definition) is 3. The monoisotopic (exact) mass is 512 g/mol. The maximum atomic E-state index is 12.7. The second-order valence-corrected chi connectivity index (χ2v) is 13.4. The number of hydrogen-bond donors (Lipinski definition) is 1. The van der Waals surface area contributed by atoms with Gasteiger partial charge in [0.05, 0.1) is 12.7 Å². The molecule has 2 aromatic carbocycles. The van der Waals surface area contributed by atoms with E-state index >= 15 is 0 Å². The molecule has 1 N–H and O–H groups in total. The number of aliphatic hydroxyl groups is 1. The van der Waals surface area contributed by atoms with E-state index in [-0.39, 0.29) is 11.9 Å². The molecule has 3 nitrogen and oxygen atoms in total. The van der Waals surface area contributed by atoms with Crippen molar-refractivity contribution in [2.75, 3.05) is 6.61 Å². The topological polar surface area (TPSA) is 46.5 Å². The number of benzene rings is 2. The van der Waals surface area contributed by atoms with Crippen LogP contribution in [0.15, 0.2) is 66.2 Å². The van der Waals surface area contributed by atoms with Gasteiger partial charge in [0.25, 0.3) is 0 Å². The van der Waals surface area contributed by atoms with Gasteiger partial charge in [-0.3, -0.25) is 4.79 Å². The molecule has 3 saturated carbocycles. The van der Waals surface area contributed by atoms with Crippen molar-refractivity contribution in [1.82, 2.24) is 0 Å². The van der Waals surface area contributed by atoms with E-state index in [1.54, 1.807) is 5.57 Å². The van der Waals surface area contributed by atoms with Crippen LogP contribution in [-0.2, 0) is 0 Å². The number of ketones is 1. The minimum atomic E-state index is -0.128. The molecule has 0 aromatic heterocycles. The van der Waals surface area contributed by atoms with E-state index in [0.29, 0.717) is 33.8 Å². The minimum absolute atomic E-state index is 0.0500. The van der Waals surface area contributed by atoms with Crippen LogP contribution in [0, 0.1) is 40.4 Å². The van der Waals surface area contributed by atoms with E-state index in [9.17, 15) is 9.90 Å². The van der Waals surface area contributed by atoms with Gasteiger partial charge < -0.3 is 9.84 Å². The standard InChI is InChI=1S/C35H44O3/c1-23(22-38-28-12-9-25(10-13-28)33(37)24-7-5-4-6-8-24)30-15-16-31-29-14-11-26-21-27(36)17-19-34(26,2)32(29)18-20-35(30,31)3/h4-13,23,27,29-32,36H,14-22H2,1-3H3/t23-,27+,29+,30-,31+,32+,34+,35-/m1/s1. The van der Waals surface area contributed by atoms with Crippen LogP contribution >= 0.6 is 0 Å². The molecule has 8 atom stereocenters. The maximum absolute atomic E-state index is 12.7. The van der Waals surface area contributed by atoms with E-state index in [2.05, 4.69) is 26.8 Å². The normalized spacial score (nSPS) is 36.8. The first-order valence-corrected chi connectivity index (χ1v) is 15.0. The predicted molar refractivity (Wildman–Crippen MR) is 152 cm³/mol. The number of ether oxygens (including phenoxy) is 1. The number of carbonyl (C=O) groups excluding carboxylic acids is 1. The van der Waals surface area contributed by atoms with Crippen molar-refractivity contribution in [3.8, 4) is 5.75 Å². The Morgan fingerprint density at radius 2 is 1.68 bits per heavy atom. The second kappa shape index (κ2) is 9.97. The highest BCUT2D eigenvalue weighted by Crippen LogP contribution is 2.67. The molecule has 0 radical (unpaired) electrons. The summed E-state index contributed by atoms with van der Waals surface area (Å²) in [5.74, 6) is 4.48. The Kier molecular flexibility index (Phi) is 6.79. The summed E-state index contributed by atoms with van der Waals surface area (Å²) in [6.45, 7) is 8.23. The van der Waals surface area contributed by atoms with Gasteiger partial charge in [0.1, 0.15) is 5.75 Å². The Morgan fingerprint density at radius 3 is 2.45 bits per heavy atom. The first kappa shape index (κ1) is 25.9.